The number of aromatic nitrogens is 1. The van der Waals surface area contributed by atoms with E-state index in [4.69, 9.17) is 0 Å². The highest BCUT2D eigenvalue weighted by atomic mass is 32.2. The number of aromatic amines is 1. The van der Waals surface area contributed by atoms with E-state index in [1.54, 1.807) is 0 Å². The van der Waals surface area contributed by atoms with Gasteiger partial charge in [0.05, 0.1) is 5.69 Å². The van der Waals surface area contributed by atoms with Crippen LogP contribution in [0.1, 0.15) is 0 Å². The fourth-order valence-corrected chi connectivity index (χ4v) is 4.49. The van der Waals surface area contributed by atoms with Crippen LogP contribution in [0.5, 0.6) is 0 Å². The van der Waals surface area contributed by atoms with Crippen LogP contribution >= 0.6 is 11.8 Å². The Hall–Kier alpha value is -2.71. The smallest absolute Gasteiger partial charge is 0.0551 e. The zero-order valence-corrected chi connectivity index (χ0v) is 13.8. The molecule has 0 saturated heterocycles. The van der Waals surface area contributed by atoms with Gasteiger partial charge >= 0.3 is 0 Å². The van der Waals surface area contributed by atoms with E-state index in [9.17, 15) is 0 Å². The Morgan fingerprint density at radius 3 is 2.00 bits per heavy atom. The lowest BCUT2D eigenvalue weighted by Crippen LogP contribution is -1.84. The highest BCUT2D eigenvalue weighted by Gasteiger charge is 2.23. The number of benzene rings is 3. The van der Waals surface area contributed by atoms with Crippen molar-refractivity contribution in [2.45, 2.75) is 9.79 Å². The van der Waals surface area contributed by atoms with Crippen molar-refractivity contribution in [1.29, 1.82) is 0 Å². The second kappa shape index (κ2) is 5.43. The fraction of sp³-hybridized carbons (Fsp3) is 0. The molecule has 4 aromatic rings. The summed E-state index contributed by atoms with van der Waals surface area (Å²) in [4.78, 5) is 6.15. The van der Waals surface area contributed by atoms with Gasteiger partial charge in [0.2, 0.25) is 0 Å². The van der Waals surface area contributed by atoms with Gasteiger partial charge in [0.15, 0.2) is 0 Å². The number of hydrogen-bond acceptors (Lipinski definition) is 1. The van der Waals surface area contributed by atoms with Crippen LogP contribution in [0, 0.1) is 0 Å². The monoisotopic (exact) mass is 325 g/mol. The normalized spacial score (nSPS) is 12.0. The average molecular weight is 325 g/mol. The Labute approximate surface area is 145 Å². The summed E-state index contributed by atoms with van der Waals surface area (Å²) in [6, 6.07) is 27.9. The molecule has 114 valence electrons. The van der Waals surface area contributed by atoms with Crippen LogP contribution in [-0.2, 0) is 0 Å². The van der Waals surface area contributed by atoms with Gasteiger partial charge in [-0.25, -0.2) is 0 Å². The molecule has 0 atom stereocenters. The Morgan fingerprint density at radius 2 is 1.21 bits per heavy atom. The SMILES string of the molecule is c1ccc(-c2c[nH]c3c2-c2ccccc2Sc2ccccc2-3)cc1. The quantitative estimate of drug-likeness (QED) is 0.373. The summed E-state index contributed by atoms with van der Waals surface area (Å²) in [6.07, 6.45) is 2.14. The van der Waals surface area contributed by atoms with E-state index in [-0.39, 0.29) is 0 Å². The van der Waals surface area contributed by atoms with E-state index in [2.05, 4.69) is 90.0 Å². The molecule has 0 amide bonds. The van der Waals surface area contributed by atoms with Gasteiger partial charge in [-0.3, -0.25) is 0 Å². The first-order valence-electron chi connectivity index (χ1n) is 8.05. The molecule has 0 radical (unpaired) electrons. The van der Waals surface area contributed by atoms with E-state index < -0.39 is 0 Å². The summed E-state index contributed by atoms with van der Waals surface area (Å²) in [5.74, 6) is 0. The van der Waals surface area contributed by atoms with Crippen LogP contribution in [0.4, 0.5) is 0 Å². The molecule has 0 unspecified atom stereocenters. The zero-order valence-electron chi connectivity index (χ0n) is 13.0. The van der Waals surface area contributed by atoms with Crippen molar-refractivity contribution in [3.05, 3.63) is 85.1 Å². The maximum Gasteiger partial charge on any atom is 0.0551 e. The van der Waals surface area contributed by atoms with Crippen molar-refractivity contribution >= 4 is 11.8 Å². The first kappa shape index (κ1) is 13.7. The molecular formula is C22H15NS. The van der Waals surface area contributed by atoms with Crippen LogP contribution in [-0.4, -0.2) is 4.98 Å². The number of hydrogen-bond donors (Lipinski definition) is 1. The van der Waals surface area contributed by atoms with Gasteiger partial charge in [-0.15, -0.1) is 0 Å². The highest BCUT2D eigenvalue weighted by molar-refractivity contribution is 7.99. The van der Waals surface area contributed by atoms with E-state index >= 15 is 0 Å². The number of H-pyrrole nitrogens is 1. The Kier molecular flexibility index (Phi) is 3.10. The van der Waals surface area contributed by atoms with Crippen LogP contribution in [0.15, 0.2) is 94.9 Å². The lowest BCUT2D eigenvalue weighted by Gasteiger charge is -2.09. The summed E-state index contributed by atoms with van der Waals surface area (Å²) >= 11 is 1.85. The molecule has 1 nitrogen and oxygen atoms in total. The van der Waals surface area contributed by atoms with Crippen LogP contribution in [0.25, 0.3) is 33.5 Å². The van der Waals surface area contributed by atoms with Gasteiger partial charge in [-0.1, -0.05) is 78.5 Å². The fourth-order valence-electron chi connectivity index (χ4n) is 3.40. The number of rotatable bonds is 1. The molecule has 0 saturated carbocycles. The van der Waals surface area contributed by atoms with Crippen LogP contribution < -0.4 is 0 Å². The zero-order chi connectivity index (χ0) is 15.9. The average Bonchev–Trinajstić information content (AvgIpc) is 3.02. The van der Waals surface area contributed by atoms with E-state index in [1.165, 1.54) is 43.3 Å². The number of fused-ring (bicyclic) bond motifs is 5. The summed E-state index contributed by atoms with van der Waals surface area (Å²) in [5.41, 5.74) is 7.59. The Bertz CT molecular complexity index is 1030. The van der Waals surface area contributed by atoms with E-state index in [0.717, 1.165) is 0 Å². The summed E-state index contributed by atoms with van der Waals surface area (Å²) in [7, 11) is 0. The summed E-state index contributed by atoms with van der Waals surface area (Å²) in [6.45, 7) is 0. The molecule has 5 rings (SSSR count). The van der Waals surface area contributed by atoms with Crippen LogP contribution in [0.3, 0.4) is 0 Å². The lowest BCUT2D eigenvalue weighted by atomic mass is 9.94. The molecular weight excluding hydrogens is 310 g/mol. The Balaban J connectivity index is 1.88. The van der Waals surface area contributed by atoms with Crippen molar-refractivity contribution in [2.75, 3.05) is 0 Å². The van der Waals surface area contributed by atoms with Gasteiger partial charge in [-0.05, 0) is 23.3 Å². The maximum absolute atomic E-state index is 3.55. The van der Waals surface area contributed by atoms with Gasteiger partial charge in [0, 0.05) is 32.7 Å². The number of nitrogens with one attached hydrogen (secondary N) is 1. The minimum atomic E-state index is 1.21. The van der Waals surface area contributed by atoms with Crippen molar-refractivity contribution < 1.29 is 0 Å². The second-order valence-corrected chi connectivity index (χ2v) is 7.00. The molecule has 2 heterocycles. The van der Waals surface area contributed by atoms with E-state index in [1.807, 2.05) is 11.8 Å². The molecule has 1 N–H and O–H groups in total. The first-order valence-corrected chi connectivity index (χ1v) is 8.87. The van der Waals surface area contributed by atoms with Crippen molar-refractivity contribution in [1.82, 2.24) is 4.98 Å². The van der Waals surface area contributed by atoms with E-state index in [0.29, 0.717) is 0 Å². The van der Waals surface area contributed by atoms with Gasteiger partial charge < -0.3 is 4.98 Å². The van der Waals surface area contributed by atoms with Gasteiger partial charge in [-0.2, -0.15) is 0 Å². The summed E-state index contributed by atoms with van der Waals surface area (Å²) < 4.78 is 0. The molecule has 24 heavy (non-hydrogen) atoms. The molecule has 1 aliphatic heterocycles. The Morgan fingerprint density at radius 1 is 0.583 bits per heavy atom. The van der Waals surface area contributed by atoms with Gasteiger partial charge in [0.1, 0.15) is 0 Å². The minimum absolute atomic E-state index is 1.21. The third-order valence-corrected chi connectivity index (χ3v) is 5.65. The van der Waals surface area contributed by atoms with Crippen molar-refractivity contribution in [3.63, 3.8) is 0 Å². The molecule has 2 heteroatoms. The standard InChI is InChI=1S/C22H15NS/c1-2-8-15(9-3-1)18-14-23-22-17-11-5-7-13-20(17)24-19-12-6-4-10-16(19)21(18)22/h1-14,23H. The third-order valence-electron chi connectivity index (χ3n) is 4.50. The molecule has 0 fully saturated rings. The summed E-state index contributed by atoms with van der Waals surface area (Å²) in [5, 5.41) is 0. The lowest BCUT2D eigenvalue weighted by molar-refractivity contribution is 1.35. The first-order chi connectivity index (χ1) is 11.9. The topological polar surface area (TPSA) is 15.8 Å². The highest BCUT2D eigenvalue weighted by Crippen LogP contribution is 2.50. The molecule has 1 aliphatic rings. The largest absolute Gasteiger partial charge is 0.360 e. The molecule has 0 aliphatic carbocycles. The van der Waals surface area contributed by atoms with Gasteiger partial charge in [0.25, 0.3) is 0 Å². The van der Waals surface area contributed by atoms with Crippen molar-refractivity contribution in [3.8, 4) is 33.5 Å². The molecule has 3 aromatic carbocycles. The second-order valence-electron chi connectivity index (χ2n) is 5.91. The predicted molar refractivity (Wildman–Crippen MR) is 101 cm³/mol. The maximum atomic E-state index is 3.55. The predicted octanol–water partition coefficient (Wildman–Crippen LogP) is 6.48. The minimum Gasteiger partial charge on any atom is -0.360 e. The third kappa shape index (κ3) is 2.04. The molecule has 0 spiro atoms. The molecule has 0 bridgehead atoms. The molecule has 1 aromatic heterocycles. The van der Waals surface area contributed by atoms with Crippen LogP contribution in [0.2, 0.25) is 0 Å². The van der Waals surface area contributed by atoms with Crippen molar-refractivity contribution in [2.24, 2.45) is 0 Å².